The highest BCUT2D eigenvalue weighted by Gasteiger charge is 2.10. The monoisotopic (exact) mass is 269 g/mol. The van der Waals surface area contributed by atoms with Crippen LogP contribution in [0.1, 0.15) is 18.4 Å². The van der Waals surface area contributed by atoms with E-state index in [0.717, 1.165) is 31.6 Å². The van der Waals surface area contributed by atoms with E-state index in [1.54, 1.807) is 6.20 Å². The predicted molar refractivity (Wildman–Crippen MR) is 79.5 cm³/mol. The number of ether oxygens (including phenoxy) is 1. The van der Waals surface area contributed by atoms with Gasteiger partial charge in [-0.15, -0.1) is 0 Å². The highest BCUT2D eigenvalue weighted by atomic mass is 16.5. The van der Waals surface area contributed by atoms with Crippen LogP contribution in [0.4, 0.5) is 5.69 Å². The molecule has 1 aliphatic heterocycles. The summed E-state index contributed by atoms with van der Waals surface area (Å²) in [5.74, 6) is 0. The quantitative estimate of drug-likeness (QED) is 0.906. The van der Waals surface area contributed by atoms with Crippen LogP contribution in [0.5, 0.6) is 0 Å². The van der Waals surface area contributed by atoms with Gasteiger partial charge in [0.25, 0.3) is 0 Å². The maximum absolute atomic E-state index is 5.56. The van der Waals surface area contributed by atoms with Gasteiger partial charge in [0, 0.05) is 18.1 Å². The topological polar surface area (TPSA) is 39.1 Å². The number of nitrogens with one attached hydrogen (secondary N) is 1. The highest BCUT2D eigenvalue weighted by molar-refractivity contribution is 5.45. The number of benzene rings is 1. The van der Waals surface area contributed by atoms with Crippen LogP contribution in [0.15, 0.2) is 55.1 Å². The van der Waals surface area contributed by atoms with Crippen molar-refractivity contribution >= 4 is 5.69 Å². The van der Waals surface area contributed by atoms with Crippen molar-refractivity contribution in [1.82, 2.24) is 9.78 Å². The van der Waals surface area contributed by atoms with Crippen molar-refractivity contribution in [3.63, 3.8) is 0 Å². The zero-order chi connectivity index (χ0) is 13.6. The number of anilines is 1. The second kappa shape index (κ2) is 6.28. The lowest BCUT2D eigenvalue weighted by atomic mass is 10.1. The first-order chi connectivity index (χ1) is 9.90. The minimum Gasteiger partial charge on any atom is -0.497 e. The standard InChI is InChI=1S/C16H19N3O/c1-2-10-20-16(7-1)12-17-15-6-3-5-14(11-15)13-19-9-4-8-18-19/h2-6,8-11,16-17H,1,7,12-13H2. The molecule has 1 aromatic carbocycles. The van der Waals surface area contributed by atoms with Crippen molar-refractivity contribution in [2.24, 2.45) is 0 Å². The van der Waals surface area contributed by atoms with E-state index in [1.807, 2.05) is 23.2 Å². The average Bonchev–Trinajstić information content (AvgIpc) is 3.00. The Kier molecular flexibility index (Phi) is 4.01. The third-order valence-corrected chi connectivity index (χ3v) is 3.39. The van der Waals surface area contributed by atoms with Crippen molar-refractivity contribution in [2.75, 3.05) is 11.9 Å². The van der Waals surface area contributed by atoms with Crippen LogP contribution < -0.4 is 5.32 Å². The summed E-state index contributed by atoms with van der Waals surface area (Å²) in [6.45, 7) is 1.64. The largest absolute Gasteiger partial charge is 0.497 e. The van der Waals surface area contributed by atoms with Crippen LogP contribution in [0.25, 0.3) is 0 Å². The maximum atomic E-state index is 5.56. The van der Waals surface area contributed by atoms with E-state index < -0.39 is 0 Å². The number of allylic oxidation sites excluding steroid dienone is 1. The molecule has 1 aromatic heterocycles. The first-order valence-electron chi connectivity index (χ1n) is 7.01. The molecule has 0 saturated heterocycles. The molecule has 4 heteroatoms. The molecule has 0 spiro atoms. The van der Waals surface area contributed by atoms with Crippen molar-refractivity contribution in [3.8, 4) is 0 Å². The van der Waals surface area contributed by atoms with E-state index in [9.17, 15) is 0 Å². The summed E-state index contributed by atoms with van der Waals surface area (Å²) >= 11 is 0. The summed E-state index contributed by atoms with van der Waals surface area (Å²) in [7, 11) is 0. The van der Waals surface area contributed by atoms with Crippen LogP contribution in [0, 0.1) is 0 Å². The molecule has 20 heavy (non-hydrogen) atoms. The predicted octanol–water partition coefficient (Wildman–Crippen LogP) is 3.04. The van der Waals surface area contributed by atoms with Crippen molar-refractivity contribution in [3.05, 3.63) is 60.6 Å². The van der Waals surface area contributed by atoms with E-state index in [2.05, 4.69) is 40.8 Å². The molecular formula is C16H19N3O. The van der Waals surface area contributed by atoms with E-state index in [4.69, 9.17) is 4.74 Å². The SMILES string of the molecule is C1=COC(CNc2cccc(Cn3cccn3)c2)CC1. The Morgan fingerprint density at radius 2 is 2.35 bits per heavy atom. The van der Waals surface area contributed by atoms with Crippen LogP contribution in [0.2, 0.25) is 0 Å². The molecule has 0 amide bonds. The van der Waals surface area contributed by atoms with Gasteiger partial charge >= 0.3 is 0 Å². The van der Waals surface area contributed by atoms with Crippen LogP contribution in [-0.4, -0.2) is 22.4 Å². The highest BCUT2D eigenvalue weighted by Crippen LogP contribution is 2.14. The van der Waals surface area contributed by atoms with Gasteiger partial charge in [0.05, 0.1) is 19.4 Å². The minimum absolute atomic E-state index is 0.273. The van der Waals surface area contributed by atoms with E-state index in [1.165, 1.54) is 5.56 Å². The molecule has 2 heterocycles. The fourth-order valence-corrected chi connectivity index (χ4v) is 2.33. The number of aromatic nitrogens is 2. The van der Waals surface area contributed by atoms with Gasteiger partial charge in [-0.2, -0.15) is 5.10 Å². The molecule has 0 bridgehead atoms. The molecule has 1 unspecified atom stereocenters. The Labute approximate surface area is 119 Å². The molecule has 4 nitrogen and oxygen atoms in total. The van der Waals surface area contributed by atoms with Crippen LogP contribution >= 0.6 is 0 Å². The zero-order valence-corrected chi connectivity index (χ0v) is 11.4. The van der Waals surface area contributed by atoms with Gasteiger partial charge in [0.2, 0.25) is 0 Å². The fourth-order valence-electron chi connectivity index (χ4n) is 2.33. The summed E-state index contributed by atoms with van der Waals surface area (Å²) in [4.78, 5) is 0. The molecule has 0 radical (unpaired) electrons. The number of hydrogen-bond acceptors (Lipinski definition) is 3. The lowest BCUT2D eigenvalue weighted by Gasteiger charge is -2.20. The van der Waals surface area contributed by atoms with Gasteiger partial charge in [-0.05, 0) is 42.7 Å². The van der Waals surface area contributed by atoms with Gasteiger partial charge in [0.1, 0.15) is 6.10 Å². The van der Waals surface area contributed by atoms with Crippen LogP contribution in [-0.2, 0) is 11.3 Å². The Balaban J connectivity index is 1.58. The van der Waals surface area contributed by atoms with Crippen LogP contribution in [0.3, 0.4) is 0 Å². The number of hydrogen-bond donors (Lipinski definition) is 1. The summed E-state index contributed by atoms with van der Waals surface area (Å²) in [5.41, 5.74) is 2.37. The second-order valence-corrected chi connectivity index (χ2v) is 4.99. The second-order valence-electron chi connectivity index (χ2n) is 4.99. The molecule has 1 aliphatic rings. The summed E-state index contributed by atoms with van der Waals surface area (Å²) < 4.78 is 7.48. The lowest BCUT2D eigenvalue weighted by Crippen LogP contribution is -2.23. The molecule has 1 atom stereocenters. The summed E-state index contributed by atoms with van der Waals surface area (Å²) in [6, 6.07) is 10.4. The maximum Gasteiger partial charge on any atom is 0.115 e. The van der Waals surface area contributed by atoms with E-state index >= 15 is 0 Å². The summed E-state index contributed by atoms with van der Waals surface area (Å²) in [5, 5.41) is 7.68. The Morgan fingerprint density at radius 3 is 3.15 bits per heavy atom. The molecule has 1 N–H and O–H groups in total. The van der Waals surface area contributed by atoms with Gasteiger partial charge in [-0.25, -0.2) is 0 Å². The average molecular weight is 269 g/mol. The Bertz CT molecular complexity index is 563. The van der Waals surface area contributed by atoms with Gasteiger partial charge in [-0.3, -0.25) is 4.68 Å². The molecular weight excluding hydrogens is 250 g/mol. The van der Waals surface area contributed by atoms with Gasteiger partial charge in [0.15, 0.2) is 0 Å². The minimum atomic E-state index is 0.273. The van der Waals surface area contributed by atoms with Gasteiger partial charge < -0.3 is 10.1 Å². The fraction of sp³-hybridized carbons (Fsp3) is 0.312. The molecule has 0 fully saturated rings. The van der Waals surface area contributed by atoms with E-state index in [0.29, 0.717) is 0 Å². The molecule has 104 valence electrons. The molecule has 3 rings (SSSR count). The normalized spacial score (nSPS) is 17.7. The smallest absolute Gasteiger partial charge is 0.115 e. The van der Waals surface area contributed by atoms with Crippen molar-refractivity contribution in [2.45, 2.75) is 25.5 Å². The Morgan fingerprint density at radius 1 is 1.35 bits per heavy atom. The summed E-state index contributed by atoms with van der Waals surface area (Å²) in [6.07, 6.45) is 10.1. The molecule has 0 aliphatic carbocycles. The van der Waals surface area contributed by atoms with E-state index in [-0.39, 0.29) is 6.10 Å². The third-order valence-electron chi connectivity index (χ3n) is 3.39. The zero-order valence-electron chi connectivity index (χ0n) is 11.4. The molecule has 0 saturated carbocycles. The Hall–Kier alpha value is -2.23. The number of nitrogens with zero attached hydrogens (tertiary/aromatic N) is 2. The first kappa shape index (κ1) is 12.8. The molecule has 2 aromatic rings. The third kappa shape index (κ3) is 3.41. The lowest BCUT2D eigenvalue weighted by molar-refractivity contribution is 0.135. The van der Waals surface area contributed by atoms with Crippen molar-refractivity contribution < 1.29 is 4.74 Å². The van der Waals surface area contributed by atoms with Crippen molar-refractivity contribution in [1.29, 1.82) is 0 Å². The first-order valence-corrected chi connectivity index (χ1v) is 7.01. The van der Waals surface area contributed by atoms with Gasteiger partial charge in [-0.1, -0.05) is 12.1 Å². The number of rotatable bonds is 5.